The Kier molecular flexibility index (Phi) is 39.3. The first-order valence-corrected chi connectivity index (χ1v) is 33.0. The number of hydrogen-bond donors (Lipinski definition) is 14. The van der Waals surface area contributed by atoms with Gasteiger partial charge in [-0.2, -0.15) is 0 Å². The molecule has 27 nitrogen and oxygen atoms in total. The van der Waals surface area contributed by atoms with Crippen LogP contribution in [0, 0.1) is 35.5 Å². The van der Waals surface area contributed by atoms with Crippen LogP contribution in [0.4, 0.5) is 0 Å². The summed E-state index contributed by atoms with van der Waals surface area (Å²) < 4.78 is 5.85. The summed E-state index contributed by atoms with van der Waals surface area (Å²) >= 11 is 0. The van der Waals surface area contributed by atoms with E-state index in [1.54, 1.807) is 69.2 Å². The minimum absolute atomic E-state index is 0.00513. The Labute approximate surface area is 538 Å². The fraction of sp³-hybridized carbons (Fsp3) is 0.812. The number of ether oxygens (including phenoxy) is 1. The first-order valence-electron chi connectivity index (χ1n) is 33.0. The summed E-state index contributed by atoms with van der Waals surface area (Å²) in [6, 6.07) is -15.7. The van der Waals surface area contributed by atoms with E-state index >= 15 is 0 Å². The number of unbranched alkanes of at least 4 members (excludes halogenated alkanes) is 8. The van der Waals surface area contributed by atoms with Crippen LogP contribution in [-0.4, -0.2) is 177 Å². The van der Waals surface area contributed by atoms with Gasteiger partial charge in [-0.3, -0.25) is 52.7 Å². The van der Waals surface area contributed by atoms with Crippen LogP contribution in [0.5, 0.6) is 0 Å². The number of nitrogens with one attached hydrogen (secondary N) is 10. The highest BCUT2D eigenvalue weighted by Crippen LogP contribution is 2.18. The van der Waals surface area contributed by atoms with E-state index in [4.69, 9.17) is 4.74 Å². The predicted octanol–water partition coefficient (Wildman–Crippen LogP) is 2.19. The van der Waals surface area contributed by atoms with Crippen molar-refractivity contribution in [3.05, 3.63) is 0 Å². The lowest BCUT2D eigenvalue weighted by Crippen LogP contribution is -2.63. The molecule has 0 aliphatic carbocycles. The first-order chi connectivity index (χ1) is 42.7. The van der Waals surface area contributed by atoms with E-state index in [1.165, 1.54) is 40.0 Å². The van der Waals surface area contributed by atoms with E-state index in [9.17, 15) is 78.0 Å². The third-order valence-corrected chi connectivity index (χ3v) is 15.7. The van der Waals surface area contributed by atoms with Crippen molar-refractivity contribution in [3.8, 4) is 0 Å². The average Bonchev–Trinajstić information content (AvgIpc) is 1.67. The van der Waals surface area contributed by atoms with Gasteiger partial charge in [-0.05, 0) is 81.0 Å². The molecule has 1 fully saturated rings. The van der Waals surface area contributed by atoms with Gasteiger partial charge >= 0.3 is 11.9 Å². The fourth-order valence-corrected chi connectivity index (χ4v) is 10.3. The molecule has 522 valence electrons. The summed E-state index contributed by atoms with van der Waals surface area (Å²) in [6.45, 7) is 21.8. The Bertz CT molecular complexity index is 2340. The summed E-state index contributed by atoms with van der Waals surface area (Å²) in [4.78, 5) is 168. The molecule has 0 radical (unpaired) electrons. The molecular formula is C64H114N10O17. The van der Waals surface area contributed by atoms with Crippen LogP contribution < -0.4 is 53.2 Å². The molecule has 1 heterocycles. The van der Waals surface area contributed by atoms with Crippen LogP contribution in [-0.2, 0) is 62.3 Å². The van der Waals surface area contributed by atoms with Gasteiger partial charge in [0, 0.05) is 6.42 Å². The van der Waals surface area contributed by atoms with Gasteiger partial charge in [0.2, 0.25) is 59.1 Å². The van der Waals surface area contributed by atoms with Crippen molar-refractivity contribution in [2.75, 3.05) is 13.2 Å². The van der Waals surface area contributed by atoms with Gasteiger partial charge in [-0.25, -0.2) is 4.79 Å². The van der Waals surface area contributed by atoms with Crippen molar-refractivity contribution in [3.63, 3.8) is 0 Å². The topological polar surface area (TPSA) is 415 Å². The molecule has 0 saturated carbocycles. The molecule has 1 saturated heterocycles. The summed E-state index contributed by atoms with van der Waals surface area (Å²) in [5, 5.41) is 67.0. The molecule has 2 unspecified atom stereocenters. The smallest absolute Gasteiger partial charge is 0.329 e. The fourth-order valence-electron chi connectivity index (χ4n) is 10.3. The molecule has 1 rings (SSSR count). The third kappa shape index (κ3) is 32.1. The van der Waals surface area contributed by atoms with Crippen molar-refractivity contribution in [2.24, 2.45) is 35.5 Å². The normalized spacial score (nSPS) is 23.6. The number of carboxylic acids is 1. The number of rotatable bonds is 33. The number of aliphatic carboxylic acids is 1. The zero-order valence-electron chi connectivity index (χ0n) is 56.6. The first kappa shape index (κ1) is 82.5. The SMILES string of the molecule is CCCCCCCCCCCC(O)CC(=O)N[C@@H](CC(C)C)C(=O)N[C@H](CCC(=O)O)C(=O)N[C@H]1C(=O)N[C@H](C(C)CC)C(=O)N[C@@H](CC(C)C)C(=O)N[C@H](CO)C(=O)N[C@@H](CC(C)C)C(=O)N[C@@H](CC(C)C)C(=O)N[C@H](CO)C(=O)N[C@@H](C(C)C)C(=O)O[C@@H]1C. The van der Waals surface area contributed by atoms with Gasteiger partial charge < -0.3 is 78.3 Å². The molecule has 10 amide bonds. The molecule has 91 heavy (non-hydrogen) atoms. The van der Waals surface area contributed by atoms with E-state index in [0.717, 1.165) is 32.1 Å². The number of amides is 10. The van der Waals surface area contributed by atoms with Crippen LogP contribution in [0.3, 0.4) is 0 Å². The quantitative estimate of drug-likeness (QED) is 0.0331. The maximum Gasteiger partial charge on any atom is 0.329 e. The molecule has 1 aliphatic rings. The summed E-state index contributed by atoms with van der Waals surface area (Å²) in [7, 11) is 0. The van der Waals surface area contributed by atoms with Crippen LogP contribution in [0.15, 0.2) is 0 Å². The number of carbonyl (C=O) groups is 12. The Morgan fingerprint density at radius 2 is 0.934 bits per heavy atom. The standard InChI is InChI=1S/C64H114N10O17/c1-15-17-18-19-20-21-22-23-24-25-42(77)32-50(78)65-44(28-35(3)4)56(82)66-43(26-27-51(79)80)55(81)74-54-41(14)91-64(90)52(39(11)12)72-61(87)49(34-76)71-58(84)46(30-37(7)8)67-57(83)45(29-36(5)6)68-60(86)48(33-75)70-59(85)47(31-38(9)10)69-62(88)53(40(13)16-2)73-63(54)89/h35-49,52-54,75-77H,15-34H2,1-14H3,(H,65,78)(H,66,82)(H,67,83)(H,68,86)(H,69,88)(H,70,85)(H,71,84)(H,72,87)(H,73,89)(H,74,81)(H,79,80)/t40?,41-,42?,43-,44+,45+,46+,47+,48-,49-,52+,53-,54-/m1/s1. The maximum absolute atomic E-state index is 15.0. The number of aliphatic hydroxyl groups excluding tert-OH is 3. The lowest BCUT2D eigenvalue weighted by Gasteiger charge is -2.32. The van der Waals surface area contributed by atoms with Crippen LogP contribution in [0.2, 0.25) is 0 Å². The minimum Gasteiger partial charge on any atom is -0.481 e. The van der Waals surface area contributed by atoms with Gasteiger partial charge in [0.25, 0.3) is 0 Å². The van der Waals surface area contributed by atoms with E-state index in [-0.39, 0.29) is 62.2 Å². The van der Waals surface area contributed by atoms with Crippen molar-refractivity contribution < 1.29 is 82.7 Å². The Hall–Kier alpha value is -6.48. The minimum atomic E-state index is -1.99. The van der Waals surface area contributed by atoms with E-state index in [0.29, 0.717) is 12.8 Å². The van der Waals surface area contributed by atoms with Crippen molar-refractivity contribution >= 4 is 71.0 Å². The Balaban J connectivity index is 4.02. The second kappa shape index (κ2) is 43.4. The van der Waals surface area contributed by atoms with Crippen LogP contribution in [0.25, 0.3) is 0 Å². The Morgan fingerprint density at radius 3 is 1.36 bits per heavy atom. The Morgan fingerprint density at radius 1 is 0.505 bits per heavy atom. The molecule has 14 N–H and O–H groups in total. The molecule has 0 spiro atoms. The molecule has 0 aromatic heterocycles. The van der Waals surface area contributed by atoms with E-state index < -0.39 is 182 Å². The number of carboxylic acid groups (broad SMARTS) is 1. The number of hydrogen-bond acceptors (Lipinski definition) is 16. The summed E-state index contributed by atoms with van der Waals surface area (Å²) in [5.41, 5.74) is 0. The molecule has 1 aliphatic heterocycles. The van der Waals surface area contributed by atoms with Gasteiger partial charge in [0.1, 0.15) is 66.5 Å². The highest BCUT2D eigenvalue weighted by molar-refractivity contribution is 5.99. The summed E-state index contributed by atoms with van der Waals surface area (Å²) in [5.74, 6) is -14.7. The highest BCUT2D eigenvalue weighted by Gasteiger charge is 2.41. The number of carbonyl (C=O) groups excluding carboxylic acids is 11. The van der Waals surface area contributed by atoms with Gasteiger partial charge in [0.15, 0.2) is 0 Å². The van der Waals surface area contributed by atoms with Crippen molar-refractivity contribution in [2.45, 2.75) is 285 Å². The van der Waals surface area contributed by atoms with Crippen LogP contribution >= 0.6 is 0 Å². The molecule has 0 bridgehead atoms. The van der Waals surface area contributed by atoms with E-state index in [1.807, 2.05) is 0 Å². The molecule has 0 aromatic carbocycles. The molecule has 13 atom stereocenters. The summed E-state index contributed by atoms with van der Waals surface area (Å²) in [6.07, 6.45) is 5.80. The van der Waals surface area contributed by atoms with Gasteiger partial charge in [-0.1, -0.05) is 154 Å². The van der Waals surface area contributed by atoms with Crippen LogP contribution in [0.1, 0.15) is 213 Å². The zero-order valence-corrected chi connectivity index (χ0v) is 56.6. The molecular weight excluding hydrogens is 1180 g/mol. The van der Waals surface area contributed by atoms with Gasteiger partial charge in [-0.15, -0.1) is 0 Å². The second-order valence-corrected chi connectivity index (χ2v) is 26.5. The highest BCUT2D eigenvalue weighted by atomic mass is 16.5. The van der Waals surface area contributed by atoms with Crippen molar-refractivity contribution in [1.29, 1.82) is 0 Å². The molecule has 27 heteroatoms. The zero-order chi connectivity index (χ0) is 69.2. The third-order valence-electron chi connectivity index (χ3n) is 15.7. The lowest BCUT2D eigenvalue weighted by atomic mass is 9.96. The van der Waals surface area contributed by atoms with Gasteiger partial charge in [0.05, 0.1) is 25.7 Å². The number of esters is 1. The predicted molar refractivity (Wildman–Crippen MR) is 340 cm³/mol. The average molecular weight is 1300 g/mol. The maximum atomic E-state index is 15.0. The van der Waals surface area contributed by atoms with E-state index in [2.05, 4.69) is 60.1 Å². The molecule has 0 aromatic rings. The van der Waals surface area contributed by atoms with Crippen molar-refractivity contribution in [1.82, 2.24) is 53.2 Å². The lowest BCUT2D eigenvalue weighted by molar-refractivity contribution is -0.157. The number of aliphatic hydroxyl groups is 3. The second-order valence-electron chi connectivity index (χ2n) is 26.5. The monoisotopic (exact) mass is 1290 g/mol. The largest absolute Gasteiger partial charge is 0.481 e. The number of cyclic esters (lactones) is 1.